The zero-order chi connectivity index (χ0) is 15.5. The Morgan fingerprint density at radius 3 is 2.71 bits per heavy atom. The fourth-order valence-electron chi connectivity index (χ4n) is 1.71. The second kappa shape index (κ2) is 6.54. The van der Waals surface area contributed by atoms with Gasteiger partial charge < -0.3 is 0 Å². The average Bonchev–Trinajstić information content (AvgIpc) is 2.84. The van der Waals surface area contributed by atoms with E-state index in [-0.39, 0.29) is 11.4 Å². The predicted octanol–water partition coefficient (Wildman–Crippen LogP) is 2.93. The molecule has 0 saturated heterocycles. The fraction of sp³-hybridized carbons (Fsp3) is 0.154. The van der Waals surface area contributed by atoms with Crippen molar-refractivity contribution in [3.63, 3.8) is 0 Å². The number of nitrogens with zero attached hydrogens (tertiary/aromatic N) is 1. The van der Waals surface area contributed by atoms with Crippen LogP contribution in [0.3, 0.4) is 0 Å². The van der Waals surface area contributed by atoms with Gasteiger partial charge in [0.25, 0.3) is 0 Å². The largest absolute Gasteiger partial charge is 0.242 e. The molecule has 4 nitrogen and oxygen atoms in total. The van der Waals surface area contributed by atoms with E-state index < -0.39 is 21.4 Å². The molecule has 1 aromatic heterocycles. The summed E-state index contributed by atoms with van der Waals surface area (Å²) in [7, 11) is -3.93. The quantitative estimate of drug-likeness (QED) is 0.906. The van der Waals surface area contributed by atoms with Gasteiger partial charge in [-0.1, -0.05) is 17.7 Å². The van der Waals surface area contributed by atoms with E-state index in [0.717, 1.165) is 10.9 Å². The van der Waals surface area contributed by atoms with Crippen molar-refractivity contribution in [3.8, 4) is 6.07 Å². The summed E-state index contributed by atoms with van der Waals surface area (Å²) in [6.07, 6.45) is 0.466. The Bertz CT molecular complexity index is 797. The second-order valence-corrected chi connectivity index (χ2v) is 7.61. The minimum absolute atomic E-state index is 0.139. The lowest BCUT2D eigenvalue weighted by Crippen LogP contribution is -2.26. The molecule has 0 spiro atoms. The number of hydrogen-bond donors (Lipinski definition) is 1. The van der Waals surface area contributed by atoms with E-state index in [9.17, 15) is 12.8 Å². The molecule has 0 radical (unpaired) electrons. The van der Waals surface area contributed by atoms with Gasteiger partial charge in [-0.25, -0.2) is 17.5 Å². The highest BCUT2D eigenvalue weighted by molar-refractivity contribution is 7.89. The van der Waals surface area contributed by atoms with Gasteiger partial charge in [0.2, 0.25) is 10.0 Å². The first-order valence-corrected chi connectivity index (χ1v) is 8.54. The van der Waals surface area contributed by atoms with Crippen molar-refractivity contribution in [2.75, 3.05) is 6.54 Å². The molecule has 0 saturated carbocycles. The van der Waals surface area contributed by atoms with E-state index in [1.165, 1.54) is 23.5 Å². The van der Waals surface area contributed by atoms with Gasteiger partial charge >= 0.3 is 0 Å². The summed E-state index contributed by atoms with van der Waals surface area (Å²) in [6.45, 7) is 0.139. The third-order valence-electron chi connectivity index (χ3n) is 2.67. The van der Waals surface area contributed by atoms with Crippen molar-refractivity contribution in [1.82, 2.24) is 4.72 Å². The first-order chi connectivity index (χ1) is 9.94. The maximum atomic E-state index is 13.4. The Labute approximate surface area is 130 Å². The summed E-state index contributed by atoms with van der Waals surface area (Å²) in [5.74, 6) is -0.856. The Hall–Kier alpha value is -1.46. The lowest BCUT2D eigenvalue weighted by molar-refractivity contribution is 0.576. The van der Waals surface area contributed by atoms with Crippen LogP contribution in [0.5, 0.6) is 0 Å². The van der Waals surface area contributed by atoms with Gasteiger partial charge in [0.1, 0.15) is 22.3 Å². The van der Waals surface area contributed by atoms with Crippen LogP contribution in [-0.2, 0) is 16.4 Å². The van der Waals surface area contributed by atoms with Crippen molar-refractivity contribution < 1.29 is 12.8 Å². The minimum Gasteiger partial charge on any atom is -0.211 e. The van der Waals surface area contributed by atoms with E-state index >= 15 is 0 Å². The highest BCUT2D eigenvalue weighted by Gasteiger charge is 2.20. The number of sulfonamides is 1. The third-order valence-corrected chi connectivity index (χ3v) is 5.46. The van der Waals surface area contributed by atoms with Crippen molar-refractivity contribution in [1.29, 1.82) is 5.26 Å². The molecule has 0 atom stereocenters. The number of hydrogen-bond acceptors (Lipinski definition) is 4. The summed E-state index contributed by atoms with van der Waals surface area (Å²) in [4.78, 5) is 0.580. The first kappa shape index (κ1) is 15.9. The Kier molecular flexibility index (Phi) is 4.96. The number of nitrogens with one attached hydrogen (secondary N) is 1. The third kappa shape index (κ3) is 3.80. The van der Waals surface area contributed by atoms with E-state index in [0.29, 0.717) is 10.8 Å². The molecule has 8 heteroatoms. The molecule has 21 heavy (non-hydrogen) atoms. The molecule has 0 aliphatic heterocycles. The van der Waals surface area contributed by atoms with E-state index in [1.54, 1.807) is 12.1 Å². The van der Waals surface area contributed by atoms with E-state index in [1.807, 2.05) is 6.07 Å². The molecule has 1 aromatic carbocycles. The maximum absolute atomic E-state index is 13.4. The van der Waals surface area contributed by atoms with Gasteiger partial charge in [-0.3, -0.25) is 0 Å². The molecule has 0 unspecified atom stereocenters. The van der Waals surface area contributed by atoms with Crippen LogP contribution < -0.4 is 4.72 Å². The predicted molar refractivity (Wildman–Crippen MR) is 79.3 cm³/mol. The maximum Gasteiger partial charge on any atom is 0.242 e. The monoisotopic (exact) mass is 344 g/mol. The van der Waals surface area contributed by atoms with Gasteiger partial charge in [0.15, 0.2) is 0 Å². The topological polar surface area (TPSA) is 70.0 Å². The van der Waals surface area contributed by atoms with Crippen LogP contribution in [0.2, 0.25) is 4.34 Å². The average molecular weight is 345 g/mol. The number of nitriles is 1. The molecule has 2 aromatic rings. The van der Waals surface area contributed by atoms with Crippen LogP contribution in [0, 0.1) is 17.1 Å². The number of thiophene rings is 1. The smallest absolute Gasteiger partial charge is 0.211 e. The number of halogens is 2. The molecule has 0 bridgehead atoms. The summed E-state index contributed by atoms with van der Waals surface area (Å²) in [5, 5.41) is 8.87. The van der Waals surface area contributed by atoms with Gasteiger partial charge in [-0.05, 0) is 30.7 Å². The van der Waals surface area contributed by atoms with Gasteiger partial charge in [-0.15, -0.1) is 11.3 Å². The zero-order valence-electron chi connectivity index (χ0n) is 10.6. The SMILES string of the molecule is N#Cc1c(F)cccc1S(=O)(=O)NCCc1ccc(Cl)s1. The lowest BCUT2D eigenvalue weighted by Gasteiger charge is -2.08. The van der Waals surface area contributed by atoms with Crippen molar-refractivity contribution >= 4 is 33.0 Å². The zero-order valence-corrected chi connectivity index (χ0v) is 13.0. The van der Waals surface area contributed by atoms with Crippen LogP contribution in [0.25, 0.3) is 0 Å². The molecule has 110 valence electrons. The standard InChI is InChI=1S/C13H10ClFN2O2S2/c14-13-5-4-9(20-13)6-7-17-21(18,19)12-3-1-2-11(15)10(12)8-16/h1-5,17H,6-7H2. The van der Waals surface area contributed by atoms with Crippen LogP contribution in [0.1, 0.15) is 10.4 Å². The summed E-state index contributed by atoms with van der Waals surface area (Å²) < 4.78 is 40.6. The molecule has 0 fully saturated rings. The van der Waals surface area contributed by atoms with Gasteiger partial charge in [0.05, 0.1) is 4.34 Å². The summed E-state index contributed by atoms with van der Waals surface area (Å²) >= 11 is 7.15. The van der Waals surface area contributed by atoms with E-state index in [4.69, 9.17) is 16.9 Å². The molecule has 0 amide bonds. The molecule has 0 aliphatic rings. The molecule has 1 N–H and O–H groups in total. The van der Waals surface area contributed by atoms with E-state index in [2.05, 4.69) is 4.72 Å². The van der Waals surface area contributed by atoms with Crippen molar-refractivity contribution in [3.05, 3.63) is 50.9 Å². The van der Waals surface area contributed by atoms with Gasteiger partial charge in [0, 0.05) is 11.4 Å². The fourth-order valence-corrected chi connectivity index (χ4v) is 3.99. The number of rotatable bonds is 5. The molecule has 2 rings (SSSR count). The molecule has 1 heterocycles. The minimum atomic E-state index is -3.93. The Morgan fingerprint density at radius 2 is 2.10 bits per heavy atom. The van der Waals surface area contributed by atoms with Crippen LogP contribution >= 0.6 is 22.9 Å². The highest BCUT2D eigenvalue weighted by Crippen LogP contribution is 2.22. The number of benzene rings is 1. The second-order valence-electron chi connectivity index (χ2n) is 4.08. The molecular weight excluding hydrogens is 335 g/mol. The Balaban J connectivity index is 2.12. The summed E-state index contributed by atoms with van der Waals surface area (Å²) in [5.41, 5.74) is -0.482. The van der Waals surface area contributed by atoms with Crippen molar-refractivity contribution in [2.45, 2.75) is 11.3 Å². The first-order valence-electron chi connectivity index (χ1n) is 5.86. The summed E-state index contributed by atoms with van der Waals surface area (Å²) in [6, 6.07) is 8.62. The highest BCUT2D eigenvalue weighted by atomic mass is 35.5. The Morgan fingerprint density at radius 1 is 1.33 bits per heavy atom. The van der Waals surface area contributed by atoms with Crippen molar-refractivity contribution in [2.24, 2.45) is 0 Å². The van der Waals surface area contributed by atoms with Crippen LogP contribution in [0.15, 0.2) is 35.2 Å². The molecular formula is C13H10ClFN2O2S2. The van der Waals surface area contributed by atoms with Crippen LogP contribution in [-0.4, -0.2) is 15.0 Å². The molecule has 0 aliphatic carbocycles. The van der Waals surface area contributed by atoms with Crippen LogP contribution in [0.4, 0.5) is 4.39 Å². The van der Waals surface area contributed by atoms with Gasteiger partial charge in [-0.2, -0.15) is 5.26 Å². The normalized spacial score (nSPS) is 11.3. The lowest BCUT2D eigenvalue weighted by atomic mass is 10.2.